The zero-order valence-electron chi connectivity index (χ0n) is 18.3. The Kier molecular flexibility index (Phi) is 4.71. The van der Waals surface area contributed by atoms with Gasteiger partial charge in [0.25, 0.3) is 0 Å². The van der Waals surface area contributed by atoms with Crippen molar-refractivity contribution < 1.29 is 4.42 Å². The Bertz CT molecular complexity index is 1090. The zero-order valence-corrected chi connectivity index (χ0v) is 19.0. The van der Waals surface area contributed by atoms with E-state index in [-0.39, 0.29) is 10.8 Å². The second kappa shape index (κ2) is 7.20. The Labute approximate surface area is 186 Å². The highest BCUT2D eigenvalue weighted by Crippen LogP contribution is 2.53. The largest absolute Gasteiger partial charge is 0.445 e. The van der Waals surface area contributed by atoms with Crippen molar-refractivity contribution in [3.05, 3.63) is 41.5 Å². The fourth-order valence-electron chi connectivity index (χ4n) is 5.02. The molecule has 2 atom stereocenters. The first-order valence-electron chi connectivity index (χ1n) is 10.4. The third-order valence-electron chi connectivity index (χ3n) is 6.72. The average molecular weight is 443 g/mol. The molecule has 164 valence electrons. The van der Waals surface area contributed by atoms with Gasteiger partial charge >= 0.3 is 0 Å². The van der Waals surface area contributed by atoms with Gasteiger partial charge in [-0.15, -0.1) is 0 Å². The number of aromatic nitrogens is 5. The topological polar surface area (TPSA) is 88.1 Å². The van der Waals surface area contributed by atoms with Crippen molar-refractivity contribution in [3.8, 4) is 0 Å². The van der Waals surface area contributed by atoms with E-state index in [0.717, 1.165) is 50.0 Å². The molecule has 5 heterocycles. The lowest BCUT2D eigenvalue weighted by Crippen LogP contribution is -2.34. The standard InChI is InChI=1S/C21H27ClN8O/c1-14-23-6-16(31-14)9-29-10-20(2)12-30(13-21(20,3)11-29)18-17(22)7-24-19(27-18)26-15-5-25-28(4)8-15/h5-8H,9-13H2,1-4H3,(H,24,26,27)/t20-,21+. The van der Waals surface area contributed by atoms with Gasteiger partial charge in [-0.05, 0) is 0 Å². The second-order valence-corrected chi connectivity index (χ2v) is 9.77. The Morgan fingerprint density at radius 3 is 2.45 bits per heavy atom. The van der Waals surface area contributed by atoms with Crippen LogP contribution in [0, 0.1) is 17.8 Å². The van der Waals surface area contributed by atoms with Gasteiger partial charge < -0.3 is 14.6 Å². The molecule has 3 aromatic rings. The molecular weight excluding hydrogens is 416 g/mol. The van der Waals surface area contributed by atoms with Gasteiger partial charge in [0.05, 0.1) is 30.8 Å². The number of oxazole rings is 1. The van der Waals surface area contributed by atoms with Crippen LogP contribution in [0.5, 0.6) is 0 Å². The molecule has 3 aromatic heterocycles. The first-order chi connectivity index (χ1) is 14.7. The van der Waals surface area contributed by atoms with Gasteiger partial charge in [-0.25, -0.2) is 9.97 Å². The molecule has 0 unspecified atom stereocenters. The first-order valence-corrected chi connectivity index (χ1v) is 10.8. The smallest absolute Gasteiger partial charge is 0.229 e. The minimum Gasteiger partial charge on any atom is -0.445 e. The summed E-state index contributed by atoms with van der Waals surface area (Å²) in [6, 6.07) is 0. The third-order valence-corrected chi connectivity index (χ3v) is 6.98. The Balaban J connectivity index is 1.33. The second-order valence-electron chi connectivity index (χ2n) is 9.36. The van der Waals surface area contributed by atoms with E-state index in [0.29, 0.717) is 16.9 Å². The normalized spacial score (nSPS) is 25.9. The predicted octanol–water partition coefficient (Wildman–Crippen LogP) is 3.25. The molecule has 0 amide bonds. The van der Waals surface area contributed by atoms with Crippen molar-refractivity contribution in [1.82, 2.24) is 29.6 Å². The van der Waals surface area contributed by atoms with Crippen LogP contribution in [0.1, 0.15) is 25.5 Å². The molecular formula is C21H27ClN8O. The van der Waals surface area contributed by atoms with E-state index in [2.05, 4.69) is 44.0 Å². The highest BCUT2D eigenvalue weighted by molar-refractivity contribution is 6.32. The highest BCUT2D eigenvalue weighted by atomic mass is 35.5. The van der Waals surface area contributed by atoms with Crippen LogP contribution in [-0.2, 0) is 13.6 Å². The quantitative estimate of drug-likeness (QED) is 0.644. The maximum absolute atomic E-state index is 6.53. The fourth-order valence-corrected chi connectivity index (χ4v) is 5.23. The number of nitrogens with zero attached hydrogens (tertiary/aromatic N) is 7. The van der Waals surface area contributed by atoms with Crippen LogP contribution in [0.4, 0.5) is 17.5 Å². The van der Waals surface area contributed by atoms with Crippen molar-refractivity contribution >= 4 is 29.1 Å². The molecule has 2 aliphatic heterocycles. The van der Waals surface area contributed by atoms with E-state index in [9.17, 15) is 0 Å². The summed E-state index contributed by atoms with van der Waals surface area (Å²) in [5.74, 6) is 2.93. The number of aryl methyl sites for hydroxylation is 2. The molecule has 0 aromatic carbocycles. The molecule has 0 aliphatic carbocycles. The molecule has 10 heteroatoms. The van der Waals surface area contributed by atoms with Crippen LogP contribution >= 0.6 is 11.6 Å². The number of nitrogens with one attached hydrogen (secondary N) is 1. The zero-order chi connectivity index (χ0) is 21.8. The molecule has 31 heavy (non-hydrogen) atoms. The van der Waals surface area contributed by atoms with Gasteiger partial charge in [0.1, 0.15) is 10.8 Å². The van der Waals surface area contributed by atoms with E-state index >= 15 is 0 Å². The molecule has 1 N–H and O–H groups in total. The summed E-state index contributed by atoms with van der Waals surface area (Å²) < 4.78 is 7.42. The van der Waals surface area contributed by atoms with Crippen LogP contribution in [-0.4, -0.2) is 55.8 Å². The van der Waals surface area contributed by atoms with E-state index < -0.39 is 0 Å². The van der Waals surface area contributed by atoms with Crippen molar-refractivity contribution in [1.29, 1.82) is 0 Å². The van der Waals surface area contributed by atoms with E-state index in [1.807, 2.05) is 26.4 Å². The van der Waals surface area contributed by atoms with Crippen molar-refractivity contribution in [2.75, 3.05) is 36.4 Å². The molecule has 0 spiro atoms. The summed E-state index contributed by atoms with van der Waals surface area (Å²) in [6.07, 6.45) is 7.12. The van der Waals surface area contributed by atoms with Gasteiger partial charge in [0.15, 0.2) is 11.7 Å². The summed E-state index contributed by atoms with van der Waals surface area (Å²) in [6.45, 7) is 11.2. The molecule has 0 radical (unpaired) electrons. The SMILES string of the molecule is Cc1ncc(CN2C[C@@]3(C)CN(c4nc(Nc5cnn(C)c5)ncc4Cl)C[C@@]3(C)C2)o1. The maximum Gasteiger partial charge on any atom is 0.229 e. The number of halogens is 1. The van der Waals surface area contributed by atoms with Crippen LogP contribution in [0.3, 0.4) is 0 Å². The fraction of sp³-hybridized carbons (Fsp3) is 0.524. The summed E-state index contributed by atoms with van der Waals surface area (Å²) >= 11 is 6.53. The van der Waals surface area contributed by atoms with Crippen molar-refractivity contribution in [3.63, 3.8) is 0 Å². The lowest BCUT2D eigenvalue weighted by molar-refractivity contribution is 0.212. The minimum absolute atomic E-state index is 0.118. The molecule has 9 nitrogen and oxygen atoms in total. The van der Waals surface area contributed by atoms with E-state index in [1.165, 1.54) is 0 Å². The number of hydrogen-bond donors (Lipinski definition) is 1. The highest BCUT2D eigenvalue weighted by Gasteiger charge is 2.58. The molecule has 2 aliphatic rings. The van der Waals surface area contributed by atoms with E-state index in [4.69, 9.17) is 21.0 Å². The molecule has 2 saturated heterocycles. The van der Waals surface area contributed by atoms with Crippen molar-refractivity contribution in [2.24, 2.45) is 17.9 Å². The Morgan fingerprint density at radius 1 is 1.10 bits per heavy atom. The van der Waals surface area contributed by atoms with Gasteiger partial charge in [0.2, 0.25) is 5.95 Å². The van der Waals surface area contributed by atoms with Crippen LogP contribution in [0.25, 0.3) is 0 Å². The average Bonchev–Trinajstić information content (AvgIpc) is 3.40. The third kappa shape index (κ3) is 3.65. The summed E-state index contributed by atoms with van der Waals surface area (Å²) in [5, 5.41) is 7.95. The van der Waals surface area contributed by atoms with Gasteiger partial charge in [-0.1, -0.05) is 25.4 Å². The molecule has 0 bridgehead atoms. The first kappa shape index (κ1) is 20.3. The molecule has 5 rings (SSSR count). The maximum atomic E-state index is 6.53. The number of anilines is 3. The number of fused-ring (bicyclic) bond motifs is 1. The number of rotatable bonds is 5. The number of hydrogen-bond acceptors (Lipinski definition) is 8. The summed E-state index contributed by atoms with van der Waals surface area (Å²) in [5.41, 5.74) is 1.08. The Morgan fingerprint density at radius 2 is 1.84 bits per heavy atom. The lowest BCUT2D eigenvalue weighted by Gasteiger charge is -2.30. The Hall–Kier alpha value is -2.65. The van der Waals surface area contributed by atoms with Gasteiger partial charge in [-0.3, -0.25) is 9.58 Å². The van der Waals surface area contributed by atoms with Gasteiger partial charge in [-0.2, -0.15) is 10.1 Å². The summed E-state index contributed by atoms with van der Waals surface area (Å²) in [7, 11) is 1.87. The van der Waals surface area contributed by atoms with Gasteiger partial charge in [0, 0.05) is 57.2 Å². The van der Waals surface area contributed by atoms with E-state index in [1.54, 1.807) is 17.1 Å². The predicted molar refractivity (Wildman–Crippen MR) is 118 cm³/mol. The minimum atomic E-state index is 0.118. The monoisotopic (exact) mass is 442 g/mol. The molecule has 0 saturated carbocycles. The molecule has 2 fully saturated rings. The van der Waals surface area contributed by atoms with Crippen LogP contribution < -0.4 is 10.2 Å². The lowest BCUT2D eigenvalue weighted by atomic mass is 9.71. The van der Waals surface area contributed by atoms with Crippen LogP contribution in [0.2, 0.25) is 5.02 Å². The summed E-state index contributed by atoms with van der Waals surface area (Å²) in [4.78, 5) is 18.1. The van der Waals surface area contributed by atoms with Crippen molar-refractivity contribution in [2.45, 2.75) is 27.3 Å². The van der Waals surface area contributed by atoms with Crippen LogP contribution in [0.15, 0.2) is 29.2 Å². The number of likely N-dealkylation sites (tertiary alicyclic amines) is 1.